The highest BCUT2D eigenvalue weighted by atomic mass is 19.3. The zero-order valence-corrected chi connectivity index (χ0v) is 13.1. The first kappa shape index (κ1) is 18.6. The van der Waals surface area contributed by atoms with Crippen molar-refractivity contribution < 1.29 is 23.2 Å². The Morgan fingerprint density at radius 2 is 2.00 bits per heavy atom. The van der Waals surface area contributed by atoms with Crippen molar-refractivity contribution in [3.8, 4) is 0 Å². The van der Waals surface area contributed by atoms with Crippen LogP contribution in [-0.2, 0) is 4.74 Å². The zero-order chi connectivity index (χ0) is 17.6. The average molecular weight is 331 g/mol. The number of hydrogen-bond acceptors (Lipinski definition) is 5. The first-order chi connectivity index (χ1) is 10.6. The smallest absolute Gasteiger partial charge is 0.407 e. The van der Waals surface area contributed by atoms with E-state index in [4.69, 9.17) is 4.74 Å². The van der Waals surface area contributed by atoms with Gasteiger partial charge in [-0.15, -0.1) is 0 Å². The van der Waals surface area contributed by atoms with E-state index in [9.17, 15) is 23.7 Å². The molecule has 0 spiro atoms. The molecule has 1 amide bonds. The lowest BCUT2D eigenvalue weighted by atomic mass is 10.1. The van der Waals surface area contributed by atoms with Gasteiger partial charge in [0.1, 0.15) is 5.60 Å². The van der Waals surface area contributed by atoms with E-state index < -0.39 is 34.3 Å². The van der Waals surface area contributed by atoms with Crippen LogP contribution in [0.1, 0.15) is 32.8 Å². The molecule has 128 valence electrons. The van der Waals surface area contributed by atoms with Gasteiger partial charge in [0.15, 0.2) is 0 Å². The van der Waals surface area contributed by atoms with Crippen LogP contribution in [0.3, 0.4) is 0 Å². The standard InChI is InChI=1S/C14H19F2N3O4/c1-14(2,3)23-13(20)18-7-6-17-11-5-4-9(19(21)22)8-10(11)12(15)16/h4-5,8,12,17H,6-7H2,1-3H3,(H,18,20). The van der Waals surface area contributed by atoms with Crippen LogP contribution in [0, 0.1) is 10.1 Å². The van der Waals surface area contributed by atoms with Crippen molar-refractivity contribution in [2.45, 2.75) is 32.8 Å². The lowest BCUT2D eigenvalue weighted by Crippen LogP contribution is -2.35. The summed E-state index contributed by atoms with van der Waals surface area (Å²) in [6, 6.07) is 3.18. The summed E-state index contributed by atoms with van der Waals surface area (Å²) >= 11 is 0. The summed E-state index contributed by atoms with van der Waals surface area (Å²) in [5.74, 6) is 0. The van der Waals surface area contributed by atoms with E-state index in [2.05, 4.69) is 10.6 Å². The number of anilines is 1. The third kappa shape index (κ3) is 6.45. The van der Waals surface area contributed by atoms with Crippen LogP contribution in [0.5, 0.6) is 0 Å². The van der Waals surface area contributed by atoms with Gasteiger partial charge < -0.3 is 15.4 Å². The summed E-state index contributed by atoms with van der Waals surface area (Å²) in [7, 11) is 0. The number of nitro groups is 1. The van der Waals surface area contributed by atoms with Gasteiger partial charge in [0.25, 0.3) is 12.1 Å². The Labute approximate surface area is 132 Å². The molecule has 0 aliphatic rings. The summed E-state index contributed by atoms with van der Waals surface area (Å²) in [4.78, 5) is 21.3. The van der Waals surface area contributed by atoms with Crippen LogP contribution in [0.25, 0.3) is 0 Å². The van der Waals surface area contributed by atoms with Gasteiger partial charge in [-0.1, -0.05) is 0 Å². The van der Waals surface area contributed by atoms with Crippen molar-refractivity contribution in [2.75, 3.05) is 18.4 Å². The number of alkyl halides is 2. The second-order valence-electron chi connectivity index (χ2n) is 5.68. The Bertz CT molecular complexity index is 574. The monoisotopic (exact) mass is 331 g/mol. The van der Waals surface area contributed by atoms with Gasteiger partial charge in [0.2, 0.25) is 0 Å². The first-order valence-electron chi connectivity index (χ1n) is 6.87. The molecule has 0 unspecified atom stereocenters. The fraction of sp³-hybridized carbons (Fsp3) is 0.500. The number of alkyl carbamates (subject to hydrolysis) is 1. The van der Waals surface area contributed by atoms with E-state index in [0.717, 1.165) is 12.1 Å². The molecule has 0 aromatic heterocycles. The molecule has 0 aliphatic carbocycles. The lowest BCUT2D eigenvalue weighted by Gasteiger charge is -2.19. The average Bonchev–Trinajstić information content (AvgIpc) is 2.41. The van der Waals surface area contributed by atoms with Gasteiger partial charge in [-0.25, -0.2) is 13.6 Å². The molecule has 0 saturated heterocycles. The minimum Gasteiger partial charge on any atom is -0.444 e. The van der Waals surface area contributed by atoms with Gasteiger partial charge >= 0.3 is 6.09 Å². The number of carbonyl (C=O) groups excluding carboxylic acids is 1. The predicted octanol–water partition coefficient (Wildman–Crippen LogP) is 3.47. The predicted molar refractivity (Wildman–Crippen MR) is 80.8 cm³/mol. The van der Waals surface area contributed by atoms with E-state index in [1.54, 1.807) is 20.8 Å². The molecule has 1 aromatic rings. The Balaban J connectivity index is 2.58. The number of non-ortho nitro benzene ring substituents is 1. The van der Waals surface area contributed by atoms with Gasteiger partial charge in [0.05, 0.1) is 4.92 Å². The summed E-state index contributed by atoms with van der Waals surface area (Å²) in [5, 5.41) is 15.8. The summed E-state index contributed by atoms with van der Waals surface area (Å²) < 4.78 is 30.9. The quantitative estimate of drug-likeness (QED) is 0.473. The molecule has 23 heavy (non-hydrogen) atoms. The molecule has 1 aromatic carbocycles. The third-order valence-electron chi connectivity index (χ3n) is 2.59. The van der Waals surface area contributed by atoms with E-state index in [1.807, 2.05) is 0 Å². The van der Waals surface area contributed by atoms with Crippen molar-refractivity contribution >= 4 is 17.5 Å². The second-order valence-corrected chi connectivity index (χ2v) is 5.68. The highest BCUT2D eigenvalue weighted by Gasteiger charge is 2.18. The summed E-state index contributed by atoms with van der Waals surface area (Å²) in [6.07, 6.45) is -3.46. The molecule has 0 heterocycles. The number of carbonyl (C=O) groups is 1. The van der Waals surface area contributed by atoms with Crippen LogP contribution >= 0.6 is 0 Å². The molecule has 0 atom stereocenters. The zero-order valence-electron chi connectivity index (χ0n) is 13.1. The maximum Gasteiger partial charge on any atom is 0.407 e. The molecule has 0 aliphatic heterocycles. The fourth-order valence-corrected chi connectivity index (χ4v) is 1.68. The molecule has 0 saturated carbocycles. The van der Waals surface area contributed by atoms with Crippen molar-refractivity contribution in [3.05, 3.63) is 33.9 Å². The number of nitro benzene ring substituents is 1. The molecule has 2 N–H and O–H groups in total. The normalized spacial score (nSPS) is 11.2. The molecule has 1 rings (SSSR count). The molecule has 0 radical (unpaired) electrons. The maximum absolute atomic E-state index is 12.9. The topological polar surface area (TPSA) is 93.5 Å². The highest BCUT2D eigenvalue weighted by molar-refractivity contribution is 5.67. The van der Waals surface area contributed by atoms with Gasteiger partial charge in [-0.3, -0.25) is 10.1 Å². The van der Waals surface area contributed by atoms with Crippen LogP contribution in [0.4, 0.5) is 25.0 Å². The molecular weight excluding hydrogens is 312 g/mol. The fourth-order valence-electron chi connectivity index (χ4n) is 1.68. The number of hydrogen-bond donors (Lipinski definition) is 2. The molecule has 7 nitrogen and oxygen atoms in total. The van der Waals surface area contributed by atoms with E-state index in [-0.39, 0.29) is 18.8 Å². The van der Waals surface area contributed by atoms with Crippen molar-refractivity contribution in [2.24, 2.45) is 0 Å². The number of halogens is 2. The van der Waals surface area contributed by atoms with Gasteiger partial charge in [-0.2, -0.15) is 0 Å². The highest BCUT2D eigenvalue weighted by Crippen LogP contribution is 2.30. The summed E-state index contributed by atoms with van der Waals surface area (Å²) in [5.41, 5.74) is -1.41. The lowest BCUT2D eigenvalue weighted by molar-refractivity contribution is -0.385. The van der Waals surface area contributed by atoms with E-state index in [1.165, 1.54) is 6.07 Å². The Hall–Kier alpha value is -2.45. The maximum atomic E-state index is 12.9. The number of rotatable bonds is 6. The molecule has 0 bridgehead atoms. The largest absolute Gasteiger partial charge is 0.444 e. The van der Waals surface area contributed by atoms with Crippen LogP contribution < -0.4 is 10.6 Å². The van der Waals surface area contributed by atoms with Gasteiger partial charge in [0, 0.05) is 36.5 Å². The van der Waals surface area contributed by atoms with Gasteiger partial charge in [-0.05, 0) is 26.8 Å². The number of ether oxygens (including phenoxy) is 1. The Morgan fingerprint density at radius 3 is 2.52 bits per heavy atom. The third-order valence-corrected chi connectivity index (χ3v) is 2.59. The second kappa shape index (κ2) is 7.70. The van der Waals surface area contributed by atoms with Crippen molar-refractivity contribution in [1.29, 1.82) is 0 Å². The van der Waals surface area contributed by atoms with Crippen molar-refractivity contribution in [1.82, 2.24) is 5.32 Å². The first-order valence-corrected chi connectivity index (χ1v) is 6.87. The molecular formula is C14H19F2N3O4. The number of amides is 1. The molecule has 0 fully saturated rings. The van der Waals surface area contributed by atoms with E-state index in [0.29, 0.717) is 0 Å². The van der Waals surface area contributed by atoms with Crippen LogP contribution in [0.15, 0.2) is 18.2 Å². The minimum atomic E-state index is -2.85. The Kier molecular flexibility index (Phi) is 6.23. The van der Waals surface area contributed by atoms with E-state index >= 15 is 0 Å². The number of nitrogens with one attached hydrogen (secondary N) is 2. The van der Waals surface area contributed by atoms with Crippen LogP contribution in [0.2, 0.25) is 0 Å². The SMILES string of the molecule is CC(C)(C)OC(=O)NCCNc1ccc([N+](=O)[O-])cc1C(F)F. The minimum absolute atomic E-state index is 0.0802. The molecule has 9 heteroatoms. The Morgan fingerprint density at radius 1 is 1.35 bits per heavy atom. The number of nitrogens with zero attached hydrogens (tertiary/aromatic N) is 1. The summed E-state index contributed by atoms with van der Waals surface area (Å²) in [6.45, 7) is 5.47. The van der Waals surface area contributed by atoms with Crippen molar-refractivity contribution in [3.63, 3.8) is 0 Å². The number of benzene rings is 1. The van der Waals surface area contributed by atoms with Crippen LogP contribution in [-0.4, -0.2) is 29.7 Å².